The fourth-order valence-electron chi connectivity index (χ4n) is 7.26. The lowest BCUT2D eigenvalue weighted by atomic mass is 9.89. The molecule has 288 valence electrons. The summed E-state index contributed by atoms with van der Waals surface area (Å²) in [5.74, 6) is 0. The molecular weight excluding hydrogens is 775 g/mol. The van der Waals surface area contributed by atoms with Gasteiger partial charge in [-0.15, -0.1) is 0 Å². The van der Waals surface area contributed by atoms with Crippen molar-refractivity contribution in [2.24, 2.45) is 0 Å². The molecule has 0 fully saturated rings. The van der Waals surface area contributed by atoms with Crippen molar-refractivity contribution in [3.8, 4) is 0 Å². The van der Waals surface area contributed by atoms with Gasteiger partial charge >= 0.3 is 11.7 Å². The van der Waals surface area contributed by atoms with E-state index >= 15 is 0 Å². The van der Waals surface area contributed by atoms with Crippen molar-refractivity contribution in [3.05, 3.63) is 142 Å². The van der Waals surface area contributed by atoms with Crippen molar-refractivity contribution < 1.29 is 43.9 Å². The zero-order chi connectivity index (χ0) is 39.9. The number of hydrogen-bond acceptors (Lipinski definition) is 4. The van der Waals surface area contributed by atoms with Crippen LogP contribution < -0.4 is 10.1 Å². The Kier molecular flexibility index (Phi) is 11.5. The van der Waals surface area contributed by atoms with Gasteiger partial charge in [0.25, 0.3) is 9.84 Å². The van der Waals surface area contributed by atoms with Crippen LogP contribution >= 0.6 is 0 Å². The van der Waals surface area contributed by atoms with E-state index in [1.165, 1.54) is 12.1 Å². The van der Waals surface area contributed by atoms with Gasteiger partial charge in [0.2, 0.25) is 16.0 Å². The van der Waals surface area contributed by atoms with Gasteiger partial charge in [-0.1, -0.05) is 59.8 Å². The van der Waals surface area contributed by atoms with E-state index in [2.05, 4.69) is 21.6 Å². The molecule has 0 bridgehead atoms. The highest BCUT2D eigenvalue weighted by Gasteiger charge is 2.59. The lowest BCUT2D eigenvalue weighted by molar-refractivity contribution is -0.435. The first-order valence-electron chi connectivity index (χ1n) is 17.6. The summed E-state index contributed by atoms with van der Waals surface area (Å²) in [4.78, 5) is 1.73. The maximum Gasteiger partial charge on any atom is 0.502 e. The van der Waals surface area contributed by atoms with Crippen molar-refractivity contribution in [2.45, 2.75) is 55.3 Å². The number of aryl methyl sites for hydroxylation is 2. The fourth-order valence-corrected chi connectivity index (χ4v) is 12.8. The Labute approximate surface area is 322 Å². The monoisotopic (exact) mass is 813 g/mol. The van der Waals surface area contributed by atoms with Crippen LogP contribution in [0.25, 0.3) is 5.57 Å². The van der Waals surface area contributed by atoms with Crippen LogP contribution in [0.5, 0.6) is 0 Å². The Bertz CT molecular complexity index is 2370. The van der Waals surface area contributed by atoms with Gasteiger partial charge < -0.3 is 9.45 Å². The van der Waals surface area contributed by atoms with Crippen LogP contribution in [-0.2, 0) is 21.0 Å². The van der Waals surface area contributed by atoms with Gasteiger partial charge in [-0.2, -0.15) is 30.9 Å². The highest BCUT2D eigenvalue weighted by Crippen LogP contribution is 2.43. The third-order valence-corrected chi connectivity index (χ3v) is 16.0. The first kappa shape index (κ1) is 40.3. The number of allylic oxidation sites excluding steroid dienone is 5. The summed E-state index contributed by atoms with van der Waals surface area (Å²) in [6.45, 7) is 9.38. The molecule has 4 aromatic rings. The van der Waals surface area contributed by atoms with Crippen LogP contribution in [-0.4, -0.2) is 62.1 Å². The predicted octanol–water partition coefficient (Wildman–Crippen LogP) is 8.65. The first-order valence-corrected chi connectivity index (χ1v) is 21.8. The van der Waals surface area contributed by atoms with Crippen LogP contribution in [0.2, 0.25) is 0 Å². The SMILES string of the molecule is CCN(c1ccc2c(c1)[SiH2]C1=C/C(=[N+](\CC)c3ccccc3C)C=CC1=C2c1ccccc1[S+]([O-])C(CC(F)(F)F)S(=O)(=O)C(F)(F)F)c1ccccc1C. The molecule has 2 atom stereocenters. The average Bonchev–Trinajstić information content (AvgIpc) is 3.13. The molecule has 0 radical (unpaired) electrons. The quantitative estimate of drug-likeness (QED) is 0.0697. The molecule has 0 aromatic heterocycles. The van der Waals surface area contributed by atoms with E-state index in [-0.39, 0.29) is 5.56 Å². The third-order valence-electron chi connectivity index (χ3n) is 9.84. The molecule has 1 aliphatic heterocycles. The summed E-state index contributed by atoms with van der Waals surface area (Å²) < 4.78 is 121. The van der Waals surface area contributed by atoms with Crippen molar-refractivity contribution in [1.29, 1.82) is 0 Å². The smallest absolute Gasteiger partial charge is 0.502 e. The van der Waals surface area contributed by atoms with Gasteiger partial charge in [0.15, 0.2) is 4.90 Å². The van der Waals surface area contributed by atoms with Crippen molar-refractivity contribution in [3.63, 3.8) is 0 Å². The average molecular weight is 814 g/mol. The zero-order valence-corrected chi connectivity index (χ0v) is 33.5. The van der Waals surface area contributed by atoms with Gasteiger partial charge in [-0.25, -0.2) is 8.42 Å². The van der Waals surface area contributed by atoms with Crippen LogP contribution in [0.1, 0.15) is 42.5 Å². The lowest BCUT2D eigenvalue weighted by Crippen LogP contribution is -2.42. The maximum atomic E-state index is 14.1. The minimum absolute atomic E-state index is 0.0968. The number of nitrogens with zero attached hydrogens (tertiary/aromatic N) is 2. The number of para-hydroxylation sites is 2. The van der Waals surface area contributed by atoms with Crippen molar-refractivity contribution in [1.82, 2.24) is 0 Å². The molecule has 4 aromatic carbocycles. The van der Waals surface area contributed by atoms with E-state index in [0.29, 0.717) is 29.8 Å². The maximum absolute atomic E-state index is 14.1. The Hall–Kier alpha value is -4.37. The number of halogens is 6. The topological polar surface area (TPSA) is 63.4 Å². The number of hydrogen-bond donors (Lipinski definition) is 0. The number of rotatable bonds is 10. The zero-order valence-electron chi connectivity index (χ0n) is 30.5. The van der Waals surface area contributed by atoms with Gasteiger partial charge in [-0.3, -0.25) is 0 Å². The standard InChI is InChI=1S/C41H39F6N2O3S2Si/c1-5-48(33-16-10-7-13-26(33)3)28-19-21-31-36(23-28)55-37-24-29(49(6-2)34-17-11-8-14-27(34)4)20-22-32(37)39(31)30-15-9-12-18-35(30)53(50)38(25-40(42,43)44)54(51,52)41(45,46)47/h7-24,38H,5-6,25,55H2,1-4H3/q+1. The van der Waals surface area contributed by atoms with Crippen LogP contribution in [0.4, 0.5) is 43.4 Å². The van der Waals surface area contributed by atoms with Crippen LogP contribution in [0.15, 0.2) is 125 Å². The fraction of sp³-hybridized carbons (Fsp3) is 0.244. The number of benzene rings is 4. The second-order valence-corrected chi connectivity index (χ2v) is 19.2. The van der Waals surface area contributed by atoms with E-state index in [1.807, 2.05) is 101 Å². The summed E-state index contributed by atoms with van der Waals surface area (Å²) >= 11 is -3.29. The van der Waals surface area contributed by atoms with Crippen LogP contribution in [0.3, 0.4) is 0 Å². The molecule has 0 saturated carbocycles. The summed E-state index contributed by atoms with van der Waals surface area (Å²) in [7, 11) is -7.80. The molecule has 2 unspecified atom stereocenters. The second-order valence-electron chi connectivity index (χ2n) is 13.3. The summed E-state index contributed by atoms with van der Waals surface area (Å²) in [5, 5.41) is 1.91. The molecule has 0 N–H and O–H groups in total. The molecule has 0 saturated heterocycles. The minimum Gasteiger partial charge on any atom is -0.610 e. The summed E-state index contributed by atoms with van der Waals surface area (Å²) in [6.07, 6.45) is -1.91. The molecule has 0 spiro atoms. The molecule has 55 heavy (non-hydrogen) atoms. The molecule has 0 amide bonds. The highest BCUT2D eigenvalue weighted by molar-refractivity contribution is 8.09. The Morgan fingerprint density at radius 2 is 1.49 bits per heavy atom. The third kappa shape index (κ3) is 8.00. The van der Waals surface area contributed by atoms with Crippen molar-refractivity contribution >= 4 is 64.1 Å². The molecular formula is C41H39F6N2O3S2Si+. The summed E-state index contributed by atoms with van der Waals surface area (Å²) in [6, 6.07) is 27.3. The predicted molar refractivity (Wildman–Crippen MR) is 211 cm³/mol. The Morgan fingerprint density at radius 3 is 2.13 bits per heavy atom. The van der Waals surface area contributed by atoms with Gasteiger partial charge in [0.1, 0.15) is 13.0 Å². The molecule has 6 rings (SSSR count). The number of anilines is 2. The largest absolute Gasteiger partial charge is 0.610 e. The second kappa shape index (κ2) is 15.6. The first-order chi connectivity index (χ1) is 26.0. The van der Waals surface area contributed by atoms with E-state index in [9.17, 15) is 39.3 Å². The number of fused-ring (bicyclic) bond motifs is 2. The molecule has 1 heterocycles. The normalized spacial score (nSPS) is 17.0. The van der Waals surface area contributed by atoms with E-state index in [4.69, 9.17) is 0 Å². The van der Waals surface area contributed by atoms with Gasteiger partial charge in [-0.05, 0) is 86.0 Å². The highest BCUT2D eigenvalue weighted by atomic mass is 32.3. The minimum atomic E-state index is -6.52. The Balaban J connectivity index is 1.60. The summed E-state index contributed by atoms with van der Waals surface area (Å²) in [5.41, 5.74) is 1.82. The molecule has 2 aliphatic rings. The van der Waals surface area contributed by atoms with E-state index in [1.54, 1.807) is 6.07 Å². The van der Waals surface area contributed by atoms with Crippen molar-refractivity contribution in [2.75, 3.05) is 18.0 Å². The number of sulfone groups is 1. The number of alkyl halides is 6. The molecule has 5 nitrogen and oxygen atoms in total. The molecule has 14 heteroatoms. The Morgan fingerprint density at radius 1 is 0.836 bits per heavy atom. The van der Waals surface area contributed by atoms with Gasteiger partial charge in [0, 0.05) is 64.0 Å². The van der Waals surface area contributed by atoms with E-state index < -0.39 is 58.1 Å². The lowest BCUT2D eigenvalue weighted by Gasteiger charge is -2.31. The van der Waals surface area contributed by atoms with E-state index in [0.717, 1.165) is 50.4 Å². The van der Waals surface area contributed by atoms with Crippen LogP contribution in [0, 0.1) is 13.8 Å². The van der Waals surface area contributed by atoms with Gasteiger partial charge in [0.05, 0.1) is 9.52 Å². The molecule has 1 aliphatic carbocycles.